The number of nitrogens with zero attached hydrogens (tertiary/aromatic N) is 1. The summed E-state index contributed by atoms with van der Waals surface area (Å²) in [5, 5.41) is 13.8. The van der Waals surface area contributed by atoms with Gasteiger partial charge >= 0.3 is 217 Å². The van der Waals surface area contributed by atoms with E-state index in [1.165, 1.54) is 62.5 Å². The van der Waals surface area contributed by atoms with Gasteiger partial charge in [0.15, 0.2) is 0 Å². The van der Waals surface area contributed by atoms with Crippen LogP contribution in [0.2, 0.25) is 0 Å². The molecule has 6 nitrogen and oxygen atoms in total. The molecular weight excluding hydrogens is 755 g/mol. The Hall–Kier alpha value is -0.710. The van der Waals surface area contributed by atoms with Crippen LogP contribution < -0.4 is 25.1 Å². The van der Waals surface area contributed by atoms with Gasteiger partial charge in [0.2, 0.25) is 0 Å². The fourth-order valence-electron chi connectivity index (χ4n) is 15.6. The first kappa shape index (κ1) is 35.0. The molecule has 8 heteroatoms. The monoisotopic (exact) mass is 817 g/mol. The molecule has 0 spiro atoms. The molecule has 0 aromatic rings. The molecule has 2 bridgehead atoms. The summed E-state index contributed by atoms with van der Waals surface area (Å²) in [7, 11) is -2.75. The van der Waals surface area contributed by atoms with Gasteiger partial charge in [0, 0.05) is 0 Å². The van der Waals surface area contributed by atoms with Crippen molar-refractivity contribution in [2.24, 2.45) is 69.0 Å². The number of fused-ring (bicyclic) bond motifs is 10. The SMILES string of the molecule is C=C(C)[C@@H]1CC[C@]2(NCCN3C[C@H]4C[C@@H]3[I-]S4(=O)=O)CC[C@]3(C)[C@H](CC[C@@H]4[C@@]5(C)CC=C(C6=CC7C(C6)C7C(=O)O)C(C)(C)[C@@H]5CC[C@]43C)[C@@H]12. The fourth-order valence-corrected chi connectivity index (χ4v) is 24.9. The normalized spacial score (nSPS) is 52.4. The Morgan fingerprint density at radius 1 is 1.04 bits per heavy atom. The van der Waals surface area contributed by atoms with E-state index in [0.717, 1.165) is 38.9 Å². The number of aliphatic carboxylic acids is 1. The molecule has 9 rings (SSSR count). The van der Waals surface area contributed by atoms with Crippen molar-refractivity contribution in [3.8, 4) is 0 Å². The third-order valence-electron chi connectivity index (χ3n) is 18.1. The second-order valence-electron chi connectivity index (χ2n) is 20.2. The maximum absolute atomic E-state index is 12.4. The molecule has 278 valence electrons. The Kier molecular flexibility index (Phi) is 7.83. The van der Waals surface area contributed by atoms with Gasteiger partial charge in [-0.3, -0.25) is 4.79 Å². The van der Waals surface area contributed by atoms with E-state index < -0.39 is 32.8 Å². The van der Waals surface area contributed by atoms with Crippen LogP contribution in [0.5, 0.6) is 0 Å². The van der Waals surface area contributed by atoms with Crippen LogP contribution in [0.1, 0.15) is 112 Å². The number of carboxylic acid groups (broad SMARTS) is 1. The van der Waals surface area contributed by atoms with Crippen molar-refractivity contribution in [3.63, 3.8) is 0 Å². The number of allylic oxidation sites excluding steroid dienone is 5. The van der Waals surface area contributed by atoms with Crippen LogP contribution in [0, 0.1) is 69.0 Å². The van der Waals surface area contributed by atoms with Gasteiger partial charge in [0.05, 0.1) is 5.92 Å². The number of rotatable bonds is 7. The standard InChI is InChI=1S/C42H62IN2O4S/c1-24(2)27-10-15-42(44-18-19-45-23-26-22-34(45)43-50(26,48)49)17-16-40(6)31(36(27)42)8-9-33-39(5)13-11-30(25-20-28-29(21-25)35(28)37(46)47)38(3,4)32(39)12-14-41(33,40)7/h11,20,26-29,31-36,44H,1,8-10,12-19,21-23H2,2-7H3,(H,46,47)/q-1/t26-,27+,28?,29?,31-,32+,33-,34-,35?,36-,39+,40-,41-,42+/m1/s1. The van der Waals surface area contributed by atoms with Gasteiger partial charge in [-0.05, 0) is 47.2 Å². The Morgan fingerprint density at radius 3 is 2.46 bits per heavy atom. The van der Waals surface area contributed by atoms with Crippen LogP contribution in [-0.2, 0) is 11.8 Å². The summed E-state index contributed by atoms with van der Waals surface area (Å²) >= 11 is -0.748. The molecule has 7 aliphatic carbocycles. The molecule has 2 aliphatic heterocycles. The topological polar surface area (TPSA) is 86.7 Å². The predicted octanol–water partition coefficient (Wildman–Crippen LogP) is 4.63. The predicted molar refractivity (Wildman–Crippen MR) is 194 cm³/mol. The van der Waals surface area contributed by atoms with Crippen molar-refractivity contribution in [3.05, 3.63) is 35.5 Å². The Balaban J connectivity index is 0.964. The van der Waals surface area contributed by atoms with Gasteiger partial charge in [-0.25, -0.2) is 0 Å². The summed E-state index contributed by atoms with van der Waals surface area (Å²) in [5.41, 5.74) is 5.59. The van der Waals surface area contributed by atoms with Crippen LogP contribution in [0.3, 0.4) is 0 Å². The molecular formula is C42H62IN2O4S-. The number of hydrogen-bond acceptors (Lipinski definition) is 5. The van der Waals surface area contributed by atoms with Gasteiger partial charge in [-0.15, -0.1) is 0 Å². The van der Waals surface area contributed by atoms with Crippen molar-refractivity contribution in [2.75, 3.05) is 19.6 Å². The van der Waals surface area contributed by atoms with E-state index in [1.54, 1.807) is 5.57 Å². The van der Waals surface area contributed by atoms with Gasteiger partial charge < -0.3 is 5.11 Å². The molecule has 14 atom stereocenters. The van der Waals surface area contributed by atoms with Crippen molar-refractivity contribution >= 4 is 13.0 Å². The van der Waals surface area contributed by atoms with E-state index >= 15 is 0 Å². The van der Waals surface area contributed by atoms with Crippen LogP contribution >= 0.6 is 0 Å². The Labute approximate surface area is 310 Å². The minimum atomic E-state index is -2.75. The fraction of sp³-hybridized carbons (Fsp3) is 0.833. The number of nitrogens with one attached hydrogen (secondary N) is 1. The summed E-state index contributed by atoms with van der Waals surface area (Å²) in [5.74, 6) is 3.14. The van der Waals surface area contributed by atoms with E-state index in [2.05, 4.69) is 70.5 Å². The zero-order chi connectivity index (χ0) is 35.4. The van der Waals surface area contributed by atoms with E-state index in [4.69, 9.17) is 0 Å². The number of alkyl halides is 1. The summed E-state index contributed by atoms with van der Waals surface area (Å²) in [6.07, 6.45) is 18.4. The van der Waals surface area contributed by atoms with Crippen LogP contribution in [-0.4, -0.2) is 58.9 Å². The molecule has 7 fully saturated rings. The number of hydrogen-bond donors (Lipinski definition) is 2. The number of carboxylic acids is 1. The number of likely N-dealkylation sites (tertiary alicyclic amines) is 1. The van der Waals surface area contributed by atoms with Crippen LogP contribution in [0.4, 0.5) is 0 Å². The number of carbonyl (C=O) groups is 1. The summed E-state index contributed by atoms with van der Waals surface area (Å²) in [4.78, 5) is 14.2. The third-order valence-corrected chi connectivity index (χ3v) is 27.1. The van der Waals surface area contributed by atoms with Gasteiger partial charge in [-0.2, -0.15) is 0 Å². The van der Waals surface area contributed by atoms with E-state index in [-0.39, 0.29) is 33.5 Å². The molecule has 2 saturated heterocycles. The molecule has 0 amide bonds. The van der Waals surface area contributed by atoms with Crippen molar-refractivity contribution in [1.82, 2.24) is 10.2 Å². The summed E-state index contributed by atoms with van der Waals surface area (Å²) in [6, 6.07) is 0. The first-order valence-corrected chi connectivity index (χ1v) is 25.5. The average Bonchev–Trinajstić information content (AvgIpc) is 3.45. The Morgan fingerprint density at radius 2 is 1.82 bits per heavy atom. The van der Waals surface area contributed by atoms with Gasteiger partial charge in [0.25, 0.3) is 0 Å². The third kappa shape index (κ3) is 4.61. The van der Waals surface area contributed by atoms with E-state index in [9.17, 15) is 18.3 Å². The molecule has 0 radical (unpaired) electrons. The van der Waals surface area contributed by atoms with Gasteiger partial charge in [-0.1, -0.05) is 32.9 Å². The minimum absolute atomic E-state index is 0.0810. The quantitative estimate of drug-likeness (QED) is 0.128. The molecule has 5 saturated carbocycles. The Bertz CT molecular complexity index is 1690. The molecule has 2 heterocycles. The van der Waals surface area contributed by atoms with Crippen molar-refractivity contribution in [2.45, 2.75) is 127 Å². The summed E-state index contributed by atoms with van der Waals surface area (Å²) < 4.78 is 25.2. The van der Waals surface area contributed by atoms with Crippen molar-refractivity contribution < 1.29 is 38.1 Å². The average molecular weight is 818 g/mol. The molecule has 2 N–H and O–H groups in total. The first-order chi connectivity index (χ1) is 23.5. The molecule has 50 heavy (non-hydrogen) atoms. The second kappa shape index (κ2) is 11.2. The molecule has 0 aromatic heterocycles. The van der Waals surface area contributed by atoms with Crippen LogP contribution in [0.15, 0.2) is 35.5 Å². The van der Waals surface area contributed by atoms with Gasteiger partial charge in [0.1, 0.15) is 0 Å². The molecule has 0 aromatic carbocycles. The number of halogens is 1. The zero-order valence-corrected chi connectivity index (χ0v) is 34.4. The maximum atomic E-state index is 12.4. The first-order valence-electron chi connectivity index (χ1n) is 20.1. The summed E-state index contributed by atoms with van der Waals surface area (Å²) in [6.45, 7) is 22.9. The van der Waals surface area contributed by atoms with Crippen LogP contribution in [0.25, 0.3) is 0 Å². The van der Waals surface area contributed by atoms with E-state index in [1.807, 2.05) is 0 Å². The molecule has 9 aliphatic rings. The van der Waals surface area contributed by atoms with E-state index in [0.29, 0.717) is 50.4 Å². The second-order valence-corrected chi connectivity index (χ2v) is 28.6. The molecule has 3 unspecified atom stereocenters. The van der Waals surface area contributed by atoms with Crippen molar-refractivity contribution in [1.29, 1.82) is 0 Å². The zero-order valence-electron chi connectivity index (χ0n) is 31.4.